The third-order valence-corrected chi connectivity index (χ3v) is 5.01. The second kappa shape index (κ2) is 7.65. The average Bonchev–Trinajstić information content (AvgIpc) is 2.54. The monoisotopic (exact) mass is 327 g/mol. The van der Waals surface area contributed by atoms with Crippen molar-refractivity contribution in [2.45, 2.75) is 64.7 Å². The molecule has 3 rings (SSSR count). The summed E-state index contributed by atoms with van der Waals surface area (Å²) in [6.07, 6.45) is 6.85. The molecule has 0 radical (unpaired) electrons. The maximum Gasteiger partial charge on any atom is 0.218 e. The minimum atomic E-state index is -0.312. The molecule has 1 saturated carbocycles. The Labute approximate surface area is 144 Å². The Hall–Kier alpha value is -2.10. The molecule has 24 heavy (non-hydrogen) atoms. The van der Waals surface area contributed by atoms with E-state index in [1.807, 2.05) is 6.92 Å². The standard InChI is InChI=1S/C19H25N3O.CH4/c1-12(9-18(20)23)16-11-15-10-14(13-5-3-2-4-6-13)7-8-17(15)22-19(16)21;/h7-8,10-13H,2-6,9H2,1H3,(H2,20,23)(H2,21,22);1H4. The van der Waals surface area contributed by atoms with Crippen LogP contribution < -0.4 is 11.5 Å². The Morgan fingerprint density at radius 3 is 2.62 bits per heavy atom. The highest BCUT2D eigenvalue weighted by molar-refractivity contribution is 5.83. The van der Waals surface area contributed by atoms with Crippen LogP contribution in [0.25, 0.3) is 10.9 Å². The van der Waals surface area contributed by atoms with Gasteiger partial charge in [0.15, 0.2) is 0 Å². The van der Waals surface area contributed by atoms with Gasteiger partial charge in [0.2, 0.25) is 5.91 Å². The molecular formula is C20H29N3O. The summed E-state index contributed by atoms with van der Waals surface area (Å²) < 4.78 is 0. The first-order valence-corrected chi connectivity index (χ1v) is 8.53. The molecule has 1 unspecified atom stereocenters. The number of carbonyl (C=O) groups is 1. The van der Waals surface area contributed by atoms with Crippen molar-refractivity contribution in [3.05, 3.63) is 35.4 Å². The quantitative estimate of drug-likeness (QED) is 0.868. The fourth-order valence-electron chi connectivity index (χ4n) is 3.72. The van der Waals surface area contributed by atoms with E-state index in [1.54, 1.807) is 0 Å². The Bertz CT molecular complexity index is 720. The zero-order valence-electron chi connectivity index (χ0n) is 13.7. The number of carbonyl (C=O) groups excluding carboxylic acids is 1. The van der Waals surface area contributed by atoms with Crippen LogP contribution >= 0.6 is 0 Å². The first-order chi connectivity index (χ1) is 11.0. The zero-order chi connectivity index (χ0) is 16.4. The van der Waals surface area contributed by atoms with Crippen molar-refractivity contribution >= 4 is 22.6 Å². The number of hydrogen-bond acceptors (Lipinski definition) is 3. The largest absolute Gasteiger partial charge is 0.383 e. The number of amides is 1. The Kier molecular flexibility index (Phi) is 5.81. The second-order valence-electron chi connectivity index (χ2n) is 6.82. The molecular weight excluding hydrogens is 298 g/mol. The lowest BCUT2D eigenvalue weighted by Gasteiger charge is -2.22. The van der Waals surface area contributed by atoms with Crippen molar-refractivity contribution in [3.63, 3.8) is 0 Å². The van der Waals surface area contributed by atoms with Crippen molar-refractivity contribution in [1.29, 1.82) is 0 Å². The van der Waals surface area contributed by atoms with E-state index in [-0.39, 0.29) is 19.3 Å². The van der Waals surface area contributed by atoms with E-state index in [1.165, 1.54) is 37.7 Å². The third-order valence-electron chi connectivity index (χ3n) is 5.01. The van der Waals surface area contributed by atoms with Gasteiger partial charge < -0.3 is 11.5 Å². The number of rotatable bonds is 4. The van der Waals surface area contributed by atoms with Crippen LogP contribution in [0.15, 0.2) is 24.3 Å². The van der Waals surface area contributed by atoms with E-state index in [0.29, 0.717) is 18.2 Å². The molecule has 0 spiro atoms. The average molecular weight is 327 g/mol. The van der Waals surface area contributed by atoms with Crippen molar-refractivity contribution in [1.82, 2.24) is 4.98 Å². The predicted molar refractivity (Wildman–Crippen MR) is 101 cm³/mol. The lowest BCUT2D eigenvalue weighted by atomic mass is 9.83. The summed E-state index contributed by atoms with van der Waals surface area (Å²) in [5.74, 6) is 0.838. The molecule has 1 fully saturated rings. The van der Waals surface area contributed by atoms with Crippen LogP contribution in [0.3, 0.4) is 0 Å². The van der Waals surface area contributed by atoms with E-state index in [9.17, 15) is 4.79 Å². The van der Waals surface area contributed by atoms with Crippen LogP contribution in [0.5, 0.6) is 0 Å². The molecule has 2 aromatic rings. The maximum atomic E-state index is 11.2. The van der Waals surface area contributed by atoms with E-state index in [0.717, 1.165) is 16.5 Å². The van der Waals surface area contributed by atoms with Gasteiger partial charge in [-0.1, -0.05) is 39.7 Å². The Morgan fingerprint density at radius 1 is 1.25 bits per heavy atom. The van der Waals surface area contributed by atoms with Crippen molar-refractivity contribution in [2.24, 2.45) is 5.73 Å². The third kappa shape index (κ3) is 3.86. The first kappa shape index (κ1) is 18.2. The number of aromatic nitrogens is 1. The van der Waals surface area contributed by atoms with E-state index in [4.69, 9.17) is 11.5 Å². The smallest absolute Gasteiger partial charge is 0.218 e. The van der Waals surface area contributed by atoms with E-state index < -0.39 is 0 Å². The number of nitrogens with zero attached hydrogens (tertiary/aromatic N) is 1. The molecule has 130 valence electrons. The predicted octanol–water partition coefficient (Wildman–Crippen LogP) is 4.48. The fourth-order valence-corrected chi connectivity index (χ4v) is 3.72. The van der Waals surface area contributed by atoms with Gasteiger partial charge in [-0.05, 0) is 54.0 Å². The minimum Gasteiger partial charge on any atom is -0.383 e. The molecule has 1 aliphatic carbocycles. The number of primary amides is 1. The Balaban J connectivity index is 0.00000208. The Morgan fingerprint density at radius 2 is 1.96 bits per heavy atom. The summed E-state index contributed by atoms with van der Waals surface area (Å²) >= 11 is 0. The van der Waals surface area contributed by atoms with Crippen molar-refractivity contribution < 1.29 is 4.79 Å². The van der Waals surface area contributed by atoms with Gasteiger partial charge in [-0.2, -0.15) is 0 Å². The molecule has 0 saturated heterocycles. The molecule has 1 heterocycles. The highest BCUT2D eigenvalue weighted by atomic mass is 16.1. The SMILES string of the molecule is C.CC(CC(N)=O)c1cc2cc(C3CCCCC3)ccc2nc1N. The molecule has 1 aromatic carbocycles. The topological polar surface area (TPSA) is 82.0 Å². The number of benzene rings is 1. The minimum absolute atomic E-state index is 0. The van der Waals surface area contributed by atoms with Gasteiger partial charge in [0.25, 0.3) is 0 Å². The van der Waals surface area contributed by atoms with Crippen LogP contribution in [-0.2, 0) is 4.79 Å². The lowest BCUT2D eigenvalue weighted by molar-refractivity contribution is -0.118. The van der Waals surface area contributed by atoms with Crippen LogP contribution in [0.4, 0.5) is 5.82 Å². The van der Waals surface area contributed by atoms with Crippen LogP contribution in [0.2, 0.25) is 0 Å². The van der Waals surface area contributed by atoms with Gasteiger partial charge in [0, 0.05) is 11.8 Å². The molecule has 4 N–H and O–H groups in total. The number of pyridine rings is 1. The van der Waals surface area contributed by atoms with Gasteiger partial charge in [-0.15, -0.1) is 0 Å². The lowest BCUT2D eigenvalue weighted by Crippen LogP contribution is -2.15. The second-order valence-corrected chi connectivity index (χ2v) is 6.82. The van der Waals surface area contributed by atoms with Gasteiger partial charge in [0.05, 0.1) is 5.52 Å². The molecule has 1 atom stereocenters. The molecule has 0 aliphatic heterocycles. The molecule has 1 amide bonds. The number of anilines is 1. The molecule has 4 nitrogen and oxygen atoms in total. The van der Waals surface area contributed by atoms with Crippen molar-refractivity contribution in [3.8, 4) is 0 Å². The summed E-state index contributed by atoms with van der Waals surface area (Å²) in [6.45, 7) is 1.97. The fraction of sp³-hybridized carbons (Fsp3) is 0.500. The summed E-state index contributed by atoms with van der Waals surface area (Å²) in [4.78, 5) is 15.7. The summed E-state index contributed by atoms with van der Waals surface area (Å²) in [5, 5.41) is 1.11. The number of nitrogen functional groups attached to an aromatic ring is 1. The highest BCUT2D eigenvalue weighted by Gasteiger charge is 2.17. The van der Waals surface area contributed by atoms with Gasteiger partial charge >= 0.3 is 0 Å². The zero-order valence-corrected chi connectivity index (χ0v) is 13.7. The van der Waals surface area contributed by atoms with E-state index in [2.05, 4.69) is 29.2 Å². The maximum absolute atomic E-state index is 11.2. The van der Waals surface area contributed by atoms with Crippen molar-refractivity contribution in [2.75, 3.05) is 5.73 Å². The molecule has 0 bridgehead atoms. The van der Waals surface area contributed by atoms with Crippen LogP contribution in [0.1, 0.15) is 75.8 Å². The van der Waals surface area contributed by atoms with Gasteiger partial charge in [-0.3, -0.25) is 4.79 Å². The van der Waals surface area contributed by atoms with Crippen LogP contribution in [0, 0.1) is 0 Å². The number of hydrogen-bond donors (Lipinski definition) is 2. The first-order valence-electron chi connectivity index (χ1n) is 8.53. The molecule has 4 heteroatoms. The van der Waals surface area contributed by atoms with Gasteiger partial charge in [0.1, 0.15) is 5.82 Å². The van der Waals surface area contributed by atoms with E-state index >= 15 is 0 Å². The summed E-state index contributed by atoms with van der Waals surface area (Å²) in [6, 6.07) is 8.59. The normalized spacial score (nSPS) is 16.5. The highest BCUT2D eigenvalue weighted by Crippen LogP contribution is 2.35. The number of nitrogens with two attached hydrogens (primary N) is 2. The van der Waals surface area contributed by atoms with Gasteiger partial charge in [-0.25, -0.2) is 4.98 Å². The molecule has 1 aromatic heterocycles. The molecule has 1 aliphatic rings. The summed E-state index contributed by atoms with van der Waals surface area (Å²) in [5.41, 5.74) is 14.6. The number of fused-ring (bicyclic) bond motifs is 1. The summed E-state index contributed by atoms with van der Waals surface area (Å²) in [7, 11) is 0. The van der Waals surface area contributed by atoms with Crippen LogP contribution in [-0.4, -0.2) is 10.9 Å².